The van der Waals surface area contributed by atoms with Crippen LogP contribution in [0.25, 0.3) is 0 Å². The van der Waals surface area contributed by atoms with Crippen molar-refractivity contribution in [1.29, 1.82) is 0 Å². The van der Waals surface area contributed by atoms with Crippen LogP contribution in [0, 0.1) is 0 Å². The van der Waals surface area contributed by atoms with Gasteiger partial charge in [0.15, 0.2) is 0 Å². The number of hydrogen-bond donors (Lipinski definition) is 0. The molecule has 0 atom stereocenters. The van der Waals surface area contributed by atoms with Crippen LogP contribution < -0.4 is 0 Å². The maximum absolute atomic E-state index is 12.9. The maximum Gasteiger partial charge on any atom is 0.223 e. The monoisotopic (exact) mass is 512 g/mol. The van der Waals surface area contributed by atoms with E-state index < -0.39 is 0 Å². The molecule has 0 aliphatic rings. The molecule has 2 amide bonds. The highest BCUT2D eigenvalue weighted by Gasteiger charge is 2.15. The van der Waals surface area contributed by atoms with Crippen LogP contribution in [-0.2, 0) is 9.59 Å². The van der Waals surface area contributed by atoms with E-state index in [2.05, 4.69) is 37.5 Å². The first-order chi connectivity index (χ1) is 17.1. The molecular formula is C30H60N2O2S. The number of amides is 2. The molecule has 0 saturated heterocycles. The van der Waals surface area contributed by atoms with Crippen molar-refractivity contribution >= 4 is 23.6 Å². The fraction of sp³-hybridized carbons (Fsp3) is 0.933. The molecule has 4 nitrogen and oxygen atoms in total. The van der Waals surface area contributed by atoms with Crippen molar-refractivity contribution in [3.63, 3.8) is 0 Å². The summed E-state index contributed by atoms with van der Waals surface area (Å²) < 4.78 is 0. The van der Waals surface area contributed by atoms with Crippen molar-refractivity contribution in [3.05, 3.63) is 0 Å². The van der Waals surface area contributed by atoms with E-state index in [-0.39, 0.29) is 0 Å². The minimum atomic E-state index is 0.310. The van der Waals surface area contributed by atoms with Gasteiger partial charge in [-0.3, -0.25) is 9.59 Å². The van der Waals surface area contributed by atoms with Gasteiger partial charge in [-0.15, -0.1) is 0 Å². The Morgan fingerprint density at radius 1 is 0.457 bits per heavy atom. The van der Waals surface area contributed by atoms with Gasteiger partial charge in [-0.25, -0.2) is 0 Å². The molecule has 0 bridgehead atoms. The standard InChI is InChI=1S/C30H60N2O2S/c1-5-9-13-17-23-31(24-18-14-10-6-2)29(33)21-27-35-28-22-30(34)32(25-19-15-11-7-3)26-20-16-12-8-4/h5-28H2,1-4H3. The molecule has 35 heavy (non-hydrogen) atoms. The highest BCUT2D eigenvalue weighted by atomic mass is 32.2. The average Bonchev–Trinajstić information content (AvgIpc) is 2.86. The quantitative estimate of drug-likeness (QED) is 0.109. The van der Waals surface area contributed by atoms with Crippen molar-refractivity contribution in [1.82, 2.24) is 9.80 Å². The Balaban J connectivity index is 4.35. The van der Waals surface area contributed by atoms with Crippen LogP contribution in [0.5, 0.6) is 0 Å². The molecule has 0 unspecified atom stereocenters. The lowest BCUT2D eigenvalue weighted by atomic mass is 10.1. The Morgan fingerprint density at radius 2 is 0.743 bits per heavy atom. The molecule has 0 aliphatic heterocycles. The number of rotatable bonds is 26. The summed E-state index contributed by atoms with van der Waals surface area (Å²) in [6, 6.07) is 0. The number of hydrogen-bond acceptors (Lipinski definition) is 3. The van der Waals surface area contributed by atoms with E-state index in [4.69, 9.17) is 0 Å². The Labute approximate surface area is 223 Å². The normalized spacial score (nSPS) is 11.1. The maximum atomic E-state index is 12.9. The van der Waals surface area contributed by atoms with Crippen LogP contribution in [0.15, 0.2) is 0 Å². The van der Waals surface area contributed by atoms with Crippen LogP contribution in [0.3, 0.4) is 0 Å². The van der Waals surface area contributed by atoms with E-state index in [1.54, 1.807) is 11.8 Å². The predicted octanol–water partition coefficient (Wildman–Crippen LogP) is 8.48. The van der Waals surface area contributed by atoms with Gasteiger partial charge in [0.05, 0.1) is 0 Å². The van der Waals surface area contributed by atoms with Gasteiger partial charge in [-0.05, 0) is 25.7 Å². The minimum absolute atomic E-state index is 0.310. The van der Waals surface area contributed by atoms with E-state index in [1.165, 1.54) is 77.0 Å². The molecule has 0 saturated carbocycles. The number of nitrogens with zero attached hydrogens (tertiary/aromatic N) is 2. The van der Waals surface area contributed by atoms with Gasteiger partial charge < -0.3 is 9.80 Å². The van der Waals surface area contributed by atoms with E-state index in [0.29, 0.717) is 24.7 Å². The summed E-state index contributed by atoms with van der Waals surface area (Å²) in [6.07, 6.45) is 20.6. The third kappa shape index (κ3) is 21.1. The lowest BCUT2D eigenvalue weighted by Gasteiger charge is -2.23. The summed E-state index contributed by atoms with van der Waals surface area (Å²) in [6.45, 7) is 12.6. The third-order valence-electron chi connectivity index (χ3n) is 6.75. The zero-order chi connectivity index (χ0) is 26.0. The SMILES string of the molecule is CCCCCCN(CCCCCC)C(=O)CCSCCC(=O)N(CCCCCC)CCCCCC. The summed E-state index contributed by atoms with van der Waals surface area (Å²) in [5, 5.41) is 0. The van der Waals surface area contributed by atoms with Crippen molar-refractivity contribution in [3.8, 4) is 0 Å². The van der Waals surface area contributed by atoms with Gasteiger partial charge in [-0.1, -0.05) is 105 Å². The Kier molecular flexibility index (Phi) is 25.8. The van der Waals surface area contributed by atoms with Gasteiger partial charge in [0.1, 0.15) is 0 Å². The fourth-order valence-corrected chi connectivity index (χ4v) is 5.22. The summed E-state index contributed by atoms with van der Waals surface area (Å²) in [7, 11) is 0. The van der Waals surface area contributed by atoms with Crippen molar-refractivity contribution in [2.45, 2.75) is 143 Å². The van der Waals surface area contributed by atoms with E-state index >= 15 is 0 Å². The molecule has 0 aromatic carbocycles. The van der Waals surface area contributed by atoms with Gasteiger partial charge >= 0.3 is 0 Å². The lowest BCUT2D eigenvalue weighted by molar-refractivity contribution is -0.131. The molecule has 0 aliphatic carbocycles. The summed E-state index contributed by atoms with van der Waals surface area (Å²) in [5.74, 6) is 2.29. The number of carbonyl (C=O) groups is 2. The van der Waals surface area contributed by atoms with Gasteiger partial charge in [0, 0.05) is 50.5 Å². The molecular weight excluding hydrogens is 452 g/mol. The van der Waals surface area contributed by atoms with Gasteiger partial charge in [-0.2, -0.15) is 11.8 Å². The molecule has 0 aromatic heterocycles. The topological polar surface area (TPSA) is 40.6 Å². The molecule has 0 rings (SSSR count). The minimum Gasteiger partial charge on any atom is -0.343 e. The second-order valence-corrected chi connectivity index (χ2v) is 11.3. The number of carbonyl (C=O) groups excluding carboxylic acids is 2. The van der Waals surface area contributed by atoms with Crippen LogP contribution in [0.2, 0.25) is 0 Å². The Bertz CT molecular complexity index is 421. The zero-order valence-electron chi connectivity index (χ0n) is 24.1. The summed E-state index contributed by atoms with van der Waals surface area (Å²) in [4.78, 5) is 29.9. The highest BCUT2D eigenvalue weighted by Crippen LogP contribution is 2.12. The molecule has 0 fully saturated rings. The molecule has 0 aromatic rings. The largest absolute Gasteiger partial charge is 0.343 e. The number of thioether (sulfide) groups is 1. The van der Waals surface area contributed by atoms with E-state index in [9.17, 15) is 9.59 Å². The zero-order valence-corrected chi connectivity index (χ0v) is 24.9. The molecule has 0 N–H and O–H groups in total. The van der Waals surface area contributed by atoms with Crippen LogP contribution in [0.4, 0.5) is 0 Å². The highest BCUT2D eigenvalue weighted by molar-refractivity contribution is 7.99. The van der Waals surface area contributed by atoms with Crippen molar-refractivity contribution < 1.29 is 9.59 Å². The predicted molar refractivity (Wildman–Crippen MR) is 156 cm³/mol. The molecule has 0 spiro atoms. The summed E-state index contributed by atoms with van der Waals surface area (Å²) >= 11 is 1.78. The fourth-order valence-electron chi connectivity index (χ4n) is 4.38. The molecule has 0 radical (unpaired) electrons. The Morgan fingerprint density at radius 3 is 1.00 bits per heavy atom. The smallest absolute Gasteiger partial charge is 0.223 e. The van der Waals surface area contributed by atoms with Crippen LogP contribution in [0.1, 0.15) is 143 Å². The van der Waals surface area contributed by atoms with Gasteiger partial charge in [0.25, 0.3) is 0 Å². The third-order valence-corrected chi connectivity index (χ3v) is 7.74. The first-order valence-corrected chi connectivity index (χ1v) is 16.4. The second-order valence-electron chi connectivity index (χ2n) is 10.1. The van der Waals surface area contributed by atoms with Crippen molar-refractivity contribution in [2.24, 2.45) is 0 Å². The van der Waals surface area contributed by atoms with Crippen LogP contribution in [-0.4, -0.2) is 59.3 Å². The molecule has 0 heterocycles. The first kappa shape index (κ1) is 34.3. The van der Waals surface area contributed by atoms with E-state index in [1.807, 2.05) is 0 Å². The first-order valence-electron chi connectivity index (χ1n) is 15.2. The molecule has 208 valence electrons. The van der Waals surface area contributed by atoms with E-state index in [0.717, 1.165) is 63.4 Å². The lowest BCUT2D eigenvalue weighted by Crippen LogP contribution is -2.33. The molecule has 5 heteroatoms. The summed E-state index contributed by atoms with van der Waals surface area (Å²) in [5.41, 5.74) is 0. The van der Waals surface area contributed by atoms with Crippen molar-refractivity contribution in [2.75, 3.05) is 37.7 Å². The van der Waals surface area contributed by atoms with Crippen LogP contribution >= 0.6 is 11.8 Å². The Hall–Kier alpha value is -0.710. The average molecular weight is 513 g/mol. The van der Waals surface area contributed by atoms with Gasteiger partial charge in [0.2, 0.25) is 11.8 Å². The second kappa shape index (κ2) is 26.4. The number of unbranched alkanes of at least 4 members (excludes halogenated alkanes) is 12.